The van der Waals surface area contributed by atoms with E-state index >= 15 is 0 Å². The van der Waals surface area contributed by atoms with Crippen LogP contribution >= 0.6 is 0 Å². The SMILES string of the molecule is Cc1cc(C#Cc2ccc(N)cc2C)ccc1N. The van der Waals surface area contributed by atoms with Gasteiger partial charge in [0.25, 0.3) is 0 Å². The van der Waals surface area contributed by atoms with E-state index in [1.807, 2.05) is 50.2 Å². The lowest BCUT2D eigenvalue weighted by Gasteiger charge is -2.00. The molecule has 0 aliphatic heterocycles. The molecule has 0 fully saturated rings. The van der Waals surface area contributed by atoms with E-state index in [-0.39, 0.29) is 0 Å². The molecule has 18 heavy (non-hydrogen) atoms. The van der Waals surface area contributed by atoms with E-state index in [1.165, 1.54) is 0 Å². The van der Waals surface area contributed by atoms with Gasteiger partial charge in [0.15, 0.2) is 0 Å². The van der Waals surface area contributed by atoms with Crippen LogP contribution in [-0.4, -0.2) is 0 Å². The lowest BCUT2D eigenvalue weighted by molar-refractivity contribution is 1.43. The largest absolute Gasteiger partial charge is 0.399 e. The molecule has 0 radical (unpaired) electrons. The number of hydrogen-bond acceptors (Lipinski definition) is 2. The Morgan fingerprint density at radius 2 is 1.61 bits per heavy atom. The van der Waals surface area contributed by atoms with Crippen molar-refractivity contribution in [3.8, 4) is 11.8 Å². The Labute approximate surface area is 108 Å². The standard InChI is InChI=1S/C16H16N2/c1-11-10-15(17)7-6-14(11)5-3-13-4-8-16(18)12(2)9-13/h4,6-10H,17-18H2,1-2H3. The molecule has 0 amide bonds. The van der Waals surface area contributed by atoms with Crippen LogP contribution in [0.3, 0.4) is 0 Å². The van der Waals surface area contributed by atoms with Crippen LogP contribution in [-0.2, 0) is 0 Å². The Bertz CT molecular complexity index is 646. The van der Waals surface area contributed by atoms with Gasteiger partial charge in [-0.3, -0.25) is 0 Å². The molecule has 2 aromatic carbocycles. The van der Waals surface area contributed by atoms with Gasteiger partial charge in [0, 0.05) is 22.5 Å². The molecule has 0 aliphatic rings. The highest BCUT2D eigenvalue weighted by molar-refractivity contribution is 5.55. The van der Waals surface area contributed by atoms with Crippen LogP contribution in [0.25, 0.3) is 0 Å². The van der Waals surface area contributed by atoms with E-state index in [0.29, 0.717) is 0 Å². The van der Waals surface area contributed by atoms with E-state index in [1.54, 1.807) is 0 Å². The number of benzene rings is 2. The molecule has 0 atom stereocenters. The Morgan fingerprint density at radius 1 is 0.833 bits per heavy atom. The summed E-state index contributed by atoms with van der Waals surface area (Å²) in [4.78, 5) is 0. The fourth-order valence-corrected chi connectivity index (χ4v) is 1.72. The molecule has 2 rings (SSSR count). The summed E-state index contributed by atoms with van der Waals surface area (Å²) in [6.07, 6.45) is 0. The average Bonchev–Trinajstić information content (AvgIpc) is 2.32. The van der Waals surface area contributed by atoms with Crippen LogP contribution in [0.5, 0.6) is 0 Å². The molecule has 0 heterocycles. The number of nitrogens with two attached hydrogens (primary N) is 2. The smallest absolute Gasteiger partial charge is 0.0344 e. The van der Waals surface area contributed by atoms with Crippen molar-refractivity contribution in [2.24, 2.45) is 0 Å². The highest BCUT2D eigenvalue weighted by Gasteiger charge is 1.96. The molecule has 2 nitrogen and oxygen atoms in total. The first kappa shape index (κ1) is 12.1. The molecule has 2 aromatic rings. The van der Waals surface area contributed by atoms with Gasteiger partial charge in [-0.15, -0.1) is 0 Å². The molecular formula is C16H16N2. The minimum absolute atomic E-state index is 0.765. The topological polar surface area (TPSA) is 52.0 Å². The normalized spacial score (nSPS) is 9.67. The molecular weight excluding hydrogens is 220 g/mol. The first-order valence-electron chi connectivity index (χ1n) is 5.80. The van der Waals surface area contributed by atoms with Gasteiger partial charge < -0.3 is 11.5 Å². The summed E-state index contributed by atoms with van der Waals surface area (Å²) in [7, 11) is 0. The Balaban J connectivity index is 2.34. The van der Waals surface area contributed by atoms with Crippen molar-refractivity contribution in [1.82, 2.24) is 0 Å². The van der Waals surface area contributed by atoms with E-state index in [2.05, 4.69) is 11.8 Å². The minimum Gasteiger partial charge on any atom is -0.399 e. The average molecular weight is 236 g/mol. The van der Waals surface area contributed by atoms with E-state index in [0.717, 1.165) is 33.6 Å². The van der Waals surface area contributed by atoms with Gasteiger partial charge in [-0.05, 0) is 61.4 Å². The van der Waals surface area contributed by atoms with Gasteiger partial charge in [0.2, 0.25) is 0 Å². The highest BCUT2D eigenvalue weighted by Crippen LogP contribution is 2.13. The monoisotopic (exact) mass is 236 g/mol. The molecule has 0 spiro atoms. The van der Waals surface area contributed by atoms with Gasteiger partial charge in [0.05, 0.1) is 0 Å². The third-order valence-electron chi connectivity index (χ3n) is 2.86. The van der Waals surface area contributed by atoms with Crippen molar-refractivity contribution in [3.05, 3.63) is 58.7 Å². The second kappa shape index (κ2) is 4.85. The summed E-state index contributed by atoms with van der Waals surface area (Å²) < 4.78 is 0. The predicted octanol–water partition coefficient (Wildman–Crippen LogP) is 2.87. The molecule has 90 valence electrons. The van der Waals surface area contributed by atoms with Crippen LogP contribution in [0.15, 0.2) is 36.4 Å². The molecule has 0 bridgehead atoms. The lowest BCUT2D eigenvalue weighted by Crippen LogP contribution is -1.90. The quantitative estimate of drug-likeness (QED) is 0.546. The maximum atomic E-state index is 5.77. The van der Waals surface area contributed by atoms with Gasteiger partial charge >= 0.3 is 0 Å². The van der Waals surface area contributed by atoms with Gasteiger partial charge in [-0.25, -0.2) is 0 Å². The number of nitrogen functional groups attached to an aromatic ring is 2. The lowest BCUT2D eigenvalue weighted by atomic mass is 10.1. The van der Waals surface area contributed by atoms with Gasteiger partial charge in [0.1, 0.15) is 0 Å². The zero-order chi connectivity index (χ0) is 13.1. The van der Waals surface area contributed by atoms with Crippen molar-refractivity contribution in [2.45, 2.75) is 13.8 Å². The number of anilines is 2. The fourth-order valence-electron chi connectivity index (χ4n) is 1.72. The fraction of sp³-hybridized carbons (Fsp3) is 0.125. The summed E-state index contributed by atoms with van der Waals surface area (Å²) in [6, 6.07) is 11.6. The summed E-state index contributed by atoms with van der Waals surface area (Å²) in [5.74, 6) is 6.30. The first-order chi connectivity index (χ1) is 8.56. The van der Waals surface area contributed by atoms with Crippen LogP contribution in [0, 0.1) is 25.7 Å². The highest BCUT2D eigenvalue weighted by atomic mass is 14.5. The molecule has 0 saturated heterocycles. The second-order valence-corrected chi connectivity index (χ2v) is 4.40. The first-order valence-corrected chi connectivity index (χ1v) is 5.80. The Morgan fingerprint density at radius 3 is 2.28 bits per heavy atom. The zero-order valence-corrected chi connectivity index (χ0v) is 10.6. The van der Waals surface area contributed by atoms with Crippen molar-refractivity contribution in [2.75, 3.05) is 11.5 Å². The Hall–Kier alpha value is -2.40. The molecule has 2 heteroatoms. The van der Waals surface area contributed by atoms with Crippen LogP contribution in [0.2, 0.25) is 0 Å². The van der Waals surface area contributed by atoms with E-state index in [4.69, 9.17) is 11.5 Å². The molecule has 0 unspecified atom stereocenters. The maximum absolute atomic E-state index is 5.77. The number of rotatable bonds is 0. The molecule has 0 saturated carbocycles. The third-order valence-corrected chi connectivity index (χ3v) is 2.86. The van der Waals surface area contributed by atoms with Crippen molar-refractivity contribution >= 4 is 11.4 Å². The van der Waals surface area contributed by atoms with Crippen LogP contribution in [0.1, 0.15) is 22.3 Å². The van der Waals surface area contributed by atoms with E-state index < -0.39 is 0 Å². The summed E-state index contributed by atoms with van der Waals surface area (Å²) in [5, 5.41) is 0. The summed E-state index contributed by atoms with van der Waals surface area (Å²) in [5.41, 5.74) is 17.2. The van der Waals surface area contributed by atoms with Crippen LogP contribution < -0.4 is 11.5 Å². The van der Waals surface area contributed by atoms with E-state index in [9.17, 15) is 0 Å². The number of aryl methyl sites for hydroxylation is 2. The summed E-state index contributed by atoms with van der Waals surface area (Å²) in [6.45, 7) is 3.99. The molecule has 0 aromatic heterocycles. The zero-order valence-electron chi connectivity index (χ0n) is 10.6. The van der Waals surface area contributed by atoms with Gasteiger partial charge in [-0.2, -0.15) is 0 Å². The molecule has 0 aliphatic carbocycles. The third kappa shape index (κ3) is 2.64. The second-order valence-electron chi connectivity index (χ2n) is 4.40. The van der Waals surface area contributed by atoms with Crippen LogP contribution in [0.4, 0.5) is 11.4 Å². The van der Waals surface area contributed by atoms with Crippen molar-refractivity contribution in [3.63, 3.8) is 0 Å². The summed E-state index contributed by atoms with van der Waals surface area (Å²) >= 11 is 0. The van der Waals surface area contributed by atoms with Crippen molar-refractivity contribution in [1.29, 1.82) is 0 Å². The predicted molar refractivity (Wildman–Crippen MR) is 77.2 cm³/mol. The number of hydrogen-bond donors (Lipinski definition) is 2. The minimum atomic E-state index is 0.765. The maximum Gasteiger partial charge on any atom is 0.0344 e. The molecule has 4 N–H and O–H groups in total. The van der Waals surface area contributed by atoms with Crippen molar-refractivity contribution < 1.29 is 0 Å². The van der Waals surface area contributed by atoms with Gasteiger partial charge in [-0.1, -0.05) is 11.8 Å². The Kier molecular flexibility index (Phi) is 3.25.